The average molecular weight is 249 g/mol. The smallest absolute Gasteiger partial charge is 0.158 e. The number of hydrogen-bond donors (Lipinski definition) is 0. The molecule has 0 atom stereocenters. The molecule has 0 aliphatic heterocycles. The summed E-state index contributed by atoms with van der Waals surface area (Å²) in [6.45, 7) is 0. The van der Waals surface area contributed by atoms with Crippen LogP contribution >= 0.6 is 11.6 Å². The highest BCUT2D eigenvalue weighted by molar-refractivity contribution is 6.33. The van der Waals surface area contributed by atoms with E-state index in [1.807, 2.05) is 7.05 Å². The predicted octanol–water partition coefficient (Wildman–Crippen LogP) is 2.97. The summed E-state index contributed by atoms with van der Waals surface area (Å²) in [7, 11) is 1.88. The lowest BCUT2D eigenvalue weighted by Gasteiger charge is -2.09. The molecule has 1 aliphatic carbocycles. The minimum atomic E-state index is 0.465. The molecule has 2 aromatic rings. The van der Waals surface area contributed by atoms with Crippen LogP contribution in [0.15, 0.2) is 12.4 Å². The second-order valence-corrected chi connectivity index (χ2v) is 4.67. The van der Waals surface area contributed by atoms with Crippen molar-refractivity contribution in [2.45, 2.75) is 25.7 Å². The van der Waals surface area contributed by atoms with Crippen LogP contribution < -0.4 is 0 Å². The van der Waals surface area contributed by atoms with Crippen LogP contribution in [0.4, 0.5) is 0 Å². The van der Waals surface area contributed by atoms with Crippen LogP contribution in [-0.2, 0) is 7.05 Å². The molecule has 2 heterocycles. The van der Waals surface area contributed by atoms with Crippen LogP contribution in [0.3, 0.4) is 0 Å². The number of rotatable bonds is 1. The first-order valence-corrected chi connectivity index (χ1v) is 6.18. The van der Waals surface area contributed by atoms with Crippen LogP contribution in [0.5, 0.6) is 0 Å². The lowest BCUT2D eigenvalue weighted by molar-refractivity contribution is 0.732. The molecule has 0 bridgehead atoms. The maximum absolute atomic E-state index is 6.08. The first kappa shape index (κ1) is 10.7. The summed E-state index contributed by atoms with van der Waals surface area (Å²) in [5.41, 5.74) is 3.93. The largest absolute Gasteiger partial charge is 0.263 e. The second-order valence-electron chi connectivity index (χ2n) is 4.31. The molecular weight excluding hydrogens is 236 g/mol. The third-order valence-corrected chi connectivity index (χ3v) is 3.45. The summed E-state index contributed by atoms with van der Waals surface area (Å²) < 4.78 is 1.77. The van der Waals surface area contributed by atoms with Crippen molar-refractivity contribution < 1.29 is 0 Å². The number of fused-ring (bicyclic) bond motifs is 1. The minimum Gasteiger partial charge on any atom is -0.263 e. The highest BCUT2D eigenvalue weighted by Gasteiger charge is 2.17. The summed E-state index contributed by atoms with van der Waals surface area (Å²) in [5, 5.41) is 5.00. The molecule has 0 radical (unpaired) electrons. The highest BCUT2D eigenvalue weighted by atomic mass is 35.5. The topological polar surface area (TPSA) is 43.6 Å². The van der Waals surface area contributed by atoms with Crippen LogP contribution in [-0.4, -0.2) is 19.7 Å². The maximum atomic E-state index is 6.08. The Labute approximate surface area is 104 Å². The fraction of sp³-hybridized carbons (Fsp3) is 0.417. The predicted molar refractivity (Wildman–Crippen MR) is 67.8 cm³/mol. The van der Waals surface area contributed by atoms with Gasteiger partial charge in [0, 0.05) is 7.05 Å². The zero-order valence-electron chi connectivity index (χ0n) is 9.65. The van der Waals surface area contributed by atoms with Gasteiger partial charge in [0.25, 0.3) is 0 Å². The van der Waals surface area contributed by atoms with E-state index in [4.69, 9.17) is 11.6 Å². The van der Waals surface area contributed by atoms with Crippen molar-refractivity contribution in [2.75, 3.05) is 0 Å². The van der Waals surface area contributed by atoms with Crippen LogP contribution in [0, 0.1) is 0 Å². The van der Waals surface area contributed by atoms with E-state index in [1.165, 1.54) is 24.7 Å². The normalized spacial score (nSPS) is 16.2. The van der Waals surface area contributed by atoms with Crippen molar-refractivity contribution in [3.8, 4) is 0 Å². The first-order chi connectivity index (χ1) is 8.27. The average Bonchev–Trinajstić information content (AvgIpc) is 2.69. The number of nitrogens with zero attached hydrogens (tertiary/aromatic N) is 4. The molecule has 0 amide bonds. The van der Waals surface area contributed by atoms with Gasteiger partial charge in [-0.1, -0.05) is 17.7 Å². The van der Waals surface area contributed by atoms with Crippen molar-refractivity contribution in [2.24, 2.45) is 7.05 Å². The number of aromatic nitrogens is 4. The molecule has 4 nitrogen and oxygen atoms in total. The number of aryl methyl sites for hydroxylation is 1. The second kappa shape index (κ2) is 4.11. The molecule has 0 saturated heterocycles. The lowest BCUT2D eigenvalue weighted by atomic mass is 9.97. The van der Waals surface area contributed by atoms with Crippen LogP contribution in [0.25, 0.3) is 16.6 Å². The SMILES string of the molecule is Cn1nc(C2=CCCCC2)c2ncnc(Cl)c21. The molecule has 0 N–H and O–H groups in total. The highest BCUT2D eigenvalue weighted by Crippen LogP contribution is 2.31. The Balaban J connectivity index is 2.24. The van der Waals surface area contributed by atoms with Crippen molar-refractivity contribution >= 4 is 28.2 Å². The molecule has 17 heavy (non-hydrogen) atoms. The van der Waals surface area contributed by atoms with Gasteiger partial charge in [-0.2, -0.15) is 5.10 Å². The fourth-order valence-electron chi connectivity index (χ4n) is 2.33. The summed E-state index contributed by atoms with van der Waals surface area (Å²) >= 11 is 6.08. The Morgan fingerprint density at radius 1 is 1.29 bits per heavy atom. The van der Waals surface area contributed by atoms with Gasteiger partial charge >= 0.3 is 0 Å². The molecule has 5 heteroatoms. The molecule has 2 aromatic heterocycles. The van der Waals surface area contributed by atoms with Gasteiger partial charge in [-0.15, -0.1) is 0 Å². The molecule has 88 valence electrons. The Morgan fingerprint density at radius 3 is 2.94 bits per heavy atom. The van der Waals surface area contributed by atoms with Gasteiger partial charge in [-0.05, 0) is 31.3 Å². The molecule has 0 spiro atoms. The third kappa shape index (κ3) is 1.72. The summed E-state index contributed by atoms with van der Waals surface area (Å²) in [5.74, 6) is 0. The van der Waals surface area contributed by atoms with E-state index in [1.54, 1.807) is 4.68 Å². The van der Waals surface area contributed by atoms with E-state index in [0.717, 1.165) is 29.6 Å². The molecule has 3 rings (SSSR count). The van der Waals surface area contributed by atoms with Gasteiger partial charge in [0.1, 0.15) is 23.1 Å². The van der Waals surface area contributed by atoms with Crippen LogP contribution in [0.1, 0.15) is 31.4 Å². The Morgan fingerprint density at radius 2 is 2.18 bits per heavy atom. The Bertz CT molecular complexity index is 600. The Hall–Kier alpha value is -1.42. The van der Waals surface area contributed by atoms with Gasteiger partial charge in [0.15, 0.2) is 5.15 Å². The van der Waals surface area contributed by atoms with Gasteiger partial charge in [-0.25, -0.2) is 9.97 Å². The van der Waals surface area contributed by atoms with Gasteiger partial charge in [-0.3, -0.25) is 4.68 Å². The Kier molecular flexibility index (Phi) is 2.59. The molecule has 1 aliphatic rings. The number of allylic oxidation sites excluding steroid dienone is 2. The van der Waals surface area contributed by atoms with Crippen molar-refractivity contribution in [1.29, 1.82) is 0 Å². The molecule has 0 aromatic carbocycles. The van der Waals surface area contributed by atoms with E-state index in [9.17, 15) is 0 Å². The summed E-state index contributed by atoms with van der Waals surface area (Å²) in [6, 6.07) is 0. The van der Waals surface area contributed by atoms with Crippen molar-refractivity contribution in [3.05, 3.63) is 23.3 Å². The van der Waals surface area contributed by atoms with E-state index < -0.39 is 0 Å². The standard InChI is InChI=1S/C12H13ClN4/c1-17-11-10(14-7-15-12(11)13)9(16-17)8-5-3-2-4-6-8/h5,7H,2-4,6H2,1H3. The van der Waals surface area contributed by atoms with E-state index >= 15 is 0 Å². The first-order valence-electron chi connectivity index (χ1n) is 5.80. The summed E-state index contributed by atoms with van der Waals surface area (Å²) in [4.78, 5) is 8.32. The van der Waals surface area contributed by atoms with Gasteiger partial charge < -0.3 is 0 Å². The zero-order chi connectivity index (χ0) is 11.8. The molecule has 0 unspecified atom stereocenters. The third-order valence-electron chi connectivity index (χ3n) is 3.17. The van der Waals surface area contributed by atoms with E-state index in [-0.39, 0.29) is 0 Å². The number of halogens is 1. The molecule has 0 fully saturated rings. The molecular formula is C12H13ClN4. The molecule has 0 saturated carbocycles. The minimum absolute atomic E-state index is 0.465. The lowest BCUT2D eigenvalue weighted by Crippen LogP contribution is -1.95. The van der Waals surface area contributed by atoms with Crippen molar-refractivity contribution in [1.82, 2.24) is 19.7 Å². The number of hydrogen-bond acceptors (Lipinski definition) is 3. The maximum Gasteiger partial charge on any atom is 0.158 e. The quantitative estimate of drug-likeness (QED) is 0.729. The van der Waals surface area contributed by atoms with E-state index in [2.05, 4.69) is 21.1 Å². The zero-order valence-corrected chi connectivity index (χ0v) is 10.4. The van der Waals surface area contributed by atoms with Crippen molar-refractivity contribution in [3.63, 3.8) is 0 Å². The fourth-order valence-corrected chi connectivity index (χ4v) is 2.59. The van der Waals surface area contributed by atoms with Gasteiger partial charge in [0.05, 0.1) is 0 Å². The van der Waals surface area contributed by atoms with E-state index in [0.29, 0.717) is 5.15 Å². The monoisotopic (exact) mass is 248 g/mol. The van der Waals surface area contributed by atoms with Crippen LogP contribution in [0.2, 0.25) is 5.15 Å². The van der Waals surface area contributed by atoms with Gasteiger partial charge in [0.2, 0.25) is 0 Å². The summed E-state index contributed by atoms with van der Waals surface area (Å²) in [6.07, 6.45) is 8.47.